The lowest BCUT2D eigenvalue weighted by Gasteiger charge is -2.28. The number of rotatable bonds is 8. The summed E-state index contributed by atoms with van der Waals surface area (Å²) in [5.74, 6) is 1.09. The van der Waals surface area contributed by atoms with E-state index in [4.69, 9.17) is 23.2 Å². The zero-order valence-electron chi connectivity index (χ0n) is 21.3. The first kappa shape index (κ1) is 25.1. The molecule has 5 rings (SSSR count). The molecule has 184 valence electrons. The van der Waals surface area contributed by atoms with E-state index >= 15 is 0 Å². The van der Waals surface area contributed by atoms with Crippen LogP contribution in [0.5, 0.6) is 0 Å². The second-order valence-corrected chi connectivity index (χ2v) is 10.6. The van der Waals surface area contributed by atoms with Gasteiger partial charge in [0.2, 0.25) is 0 Å². The molecule has 0 aliphatic heterocycles. The van der Waals surface area contributed by atoms with E-state index in [0.717, 1.165) is 44.1 Å². The highest BCUT2D eigenvalue weighted by atomic mass is 35.5. The smallest absolute Gasteiger partial charge is 0.0477 e. The number of halogens is 2. The van der Waals surface area contributed by atoms with Gasteiger partial charge < -0.3 is 0 Å². The topological polar surface area (TPSA) is 0 Å². The van der Waals surface area contributed by atoms with Gasteiger partial charge in [-0.05, 0) is 105 Å². The van der Waals surface area contributed by atoms with Crippen LogP contribution < -0.4 is 0 Å². The summed E-state index contributed by atoms with van der Waals surface area (Å²) in [5, 5.41) is 0. The lowest BCUT2D eigenvalue weighted by Crippen LogP contribution is -2.16. The van der Waals surface area contributed by atoms with E-state index in [2.05, 4.69) is 86.6 Å². The van der Waals surface area contributed by atoms with Crippen LogP contribution in [0.2, 0.25) is 0 Å². The molecule has 0 aromatic heterocycles. The van der Waals surface area contributed by atoms with Crippen molar-refractivity contribution in [1.29, 1.82) is 0 Å². The highest BCUT2D eigenvalue weighted by molar-refractivity contribution is 6.17. The normalized spacial score (nSPS) is 12.3. The Labute approximate surface area is 226 Å². The van der Waals surface area contributed by atoms with Gasteiger partial charge in [0.1, 0.15) is 0 Å². The van der Waals surface area contributed by atoms with Crippen molar-refractivity contribution in [1.82, 2.24) is 0 Å². The van der Waals surface area contributed by atoms with Gasteiger partial charge in [0, 0.05) is 11.8 Å². The maximum Gasteiger partial charge on any atom is 0.0477 e. The number of benzene rings is 4. The quantitative estimate of drug-likeness (QED) is 0.182. The maximum atomic E-state index is 6.63. The Bertz CT molecular complexity index is 1350. The summed E-state index contributed by atoms with van der Waals surface area (Å²) in [6, 6.07) is 27.3. The maximum absolute atomic E-state index is 6.63. The largest absolute Gasteiger partial charge is 0.122 e. The molecule has 0 nitrogen and oxygen atoms in total. The first-order valence-corrected chi connectivity index (χ1v) is 14.2. The van der Waals surface area contributed by atoms with Crippen LogP contribution in [0.3, 0.4) is 0 Å². The molecule has 2 heteroatoms. The molecule has 36 heavy (non-hydrogen) atoms. The third-order valence-electron chi connectivity index (χ3n) is 7.79. The van der Waals surface area contributed by atoms with Crippen LogP contribution in [-0.2, 0) is 50.3 Å². The summed E-state index contributed by atoms with van der Waals surface area (Å²) >= 11 is 12.7. The van der Waals surface area contributed by atoms with E-state index in [-0.39, 0.29) is 0 Å². The number of hydrogen-bond acceptors (Lipinski definition) is 0. The molecule has 0 N–H and O–H groups in total. The predicted octanol–water partition coefficient (Wildman–Crippen LogP) is 8.97. The molecular weight excluding hydrogens is 479 g/mol. The van der Waals surface area contributed by atoms with Gasteiger partial charge in [0.15, 0.2) is 0 Å². The Morgan fingerprint density at radius 2 is 1.11 bits per heavy atom. The Kier molecular flexibility index (Phi) is 7.85. The van der Waals surface area contributed by atoms with Crippen LogP contribution in [0.4, 0.5) is 0 Å². The molecule has 0 bridgehead atoms. The summed E-state index contributed by atoms with van der Waals surface area (Å²) in [6.07, 6.45) is 5.98. The van der Waals surface area contributed by atoms with Crippen LogP contribution in [0.25, 0.3) is 0 Å². The molecule has 0 heterocycles. The monoisotopic (exact) mass is 512 g/mol. The van der Waals surface area contributed by atoms with E-state index in [1.807, 2.05) is 0 Å². The molecular formula is C34H34Cl2. The number of fused-ring (bicyclic) bond motifs is 2. The summed E-state index contributed by atoms with van der Waals surface area (Å²) in [5.41, 5.74) is 16.7. The average Bonchev–Trinajstić information content (AvgIpc) is 2.93. The van der Waals surface area contributed by atoms with Crippen molar-refractivity contribution in [3.8, 4) is 0 Å². The van der Waals surface area contributed by atoms with E-state index in [1.54, 1.807) is 0 Å². The molecule has 0 amide bonds. The number of alkyl halides is 2. The molecule has 0 saturated carbocycles. The third-order valence-corrected chi connectivity index (χ3v) is 8.39. The molecule has 1 aliphatic carbocycles. The van der Waals surface area contributed by atoms with E-state index in [0.29, 0.717) is 11.8 Å². The number of hydrogen-bond donors (Lipinski definition) is 0. The van der Waals surface area contributed by atoms with Crippen LogP contribution in [0, 0.1) is 0 Å². The van der Waals surface area contributed by atoms with E-state index in [9.17, 15) is 0 Å². The van der Waals surface area contributed by atoms with Crippen molar-refractivity contribution in [2.45, 2.75) is 64.1 Å². The summed E-state index contributed by atoms with van der Waals surface area (Å²) in [7, 11) is 0. The highest BCUT2D eigenvalue weighted by Gasteiger charge is 2.24. The second-order valence-electron chi connectivity index (χ2n) is 10.0. The van der Waals surface area contributed by atoms with Crippen molar-refractivity contribution < 1.29 is 0 Å². The molecule has 0 spiro atoms. The highest BCUT2D eigenvalue weighted by Crippen LogP contribution is 2.37. The van der Waals surface area contributed by atoms with Crippen molar-refractivity contribution >= 4 is 23.2 Å². The van der Waals surface area contributed by atoms with Gasteiger partial charge in [-0.1, -0.05) is 86.6 Å². The Hall–Kier alpha value is -2.54. The van der Waals surface area contributed by atoms with Gasteiger partial charge in [0.05, 0.1) is 0 Å². The van der Waals surface area contributed by atoms with Gasteiger partial charge in [-0.3, -0.25) is 0 Å². The fraction of sp³-hybridized carbons (Fsp3) is 0.294. The fourth-order valence-electron chi connectivity index (χ4n) is 5.57. The van der Waals surface area contributed by atoms with Crippen LogP contribution in [0.15, 0.2) is 72.8 Å². The molecule has 1 aliphatic rings. The second kappa shape index (κ2) is 11.2. The average molecular weight is 514 g/mol. The lowest BCUT2D eigenvalue weighted by molar-refractivity contribution is 0.923. The Balaban J connectivity index is 1.60. The first-order chi connectivity index (χ1) is 17.6. The fourth-order valence-corrected chi connectivity index (χ4v) is 5.98. The zero-order chi connectivity index (χ0) is 25.1. The summed E-state index contributed by atoms with van der Waals surface area (Å²) < 4.78 is 0. The minimum Gasteiger partial charge on any atom is -0.122 e. The third kappa shape index (κ3) is 5.26. The van der Waals surface area contributed by atoms with Crippen LogP contribution >= 0.6 is 23.2 Å². The minimum absolute atomic E-state index is 0.537. The van der Waals surface area contributed by atoms with Crippen LogP contribution in [0.1, 0.15) is 80.6 Å². The van der Waals surface area contributed by atoms with Crippen molar-refractivity contribution in [2.24, 2.45) is 0 Å². The van der Waals surface area contributed by atoms with Gasteiger partial charge in [0.25, 0.3) is 0 Å². The number of aryl methyl sites for hydroxylation is 2. The van der Waals surface area contributed by atoms with Gasteiger partial charge in [-0.2, -0.15) is 0 Å². The van der Waals surface area contributed by atoms with Crippen molar-refractivity contribution in [3.63, 3.8) is 0 Å². The van der Waals surface area contributed by atoms with Gasteiger partial charge in [-0.15, -0.1) is 23.2 Å². The van der Waals surface area contributed by atoms with Crippen molar-refractivity contribution in [2.75, 3.05) is 0 Å². The zero-order valence-corrected chi connectivity index (χ0v) is 22.9. The van der Waals surface area contributed by atoms with Crippen LogP contribution in [-0.4, -0.2) is 0 Å². The minimum atomic E-state index is 0.537. The summed E-state index contributed by atoms with van der Waals surface area (Å²) in [4.78, 5) is 0. The lowest BCUT2D eigenvalue weighted by atomic mass is 9.77. The predicted molar refractivity (Wildman–Crippen MR) is 155 cm³/mol. The molecule has 4 aromatic rings. The summed E-state index contributed by atoms with van der Waals surface area (Å²) in [6.45, 7) is 4.45. The Morgan fingerprint density at radius 1 is 0.528 bits per heavy atom. The van der Waals surface area contributed by atoms with Gasteiger partial charge in [-0.25, -0.2) is 0 Å². The van der Waals surface area contributed by atoms with E-state index < -0.39 is 0 Å². The molecule has 0 fully saturated rings. The van der Waals surface area contributed by atoms with Crippen molar-refractivity contribution in [3.05, 3.63) is 140 Å². The van der Waals surface area contributed by atoms with Gasteiger partial charge >= 0.3 is 0 Å². The SMILES string of the molecule is CCc1ccc(Cc2c(CCl)cc(Cc3ccc(CCl)cc3)c3c2Cc2ccc(CC)cc2C3)cc1. The van der Waals surface area contributed by atoms with E-state index in [1.165, 1.54) is 61.2 Å². The first-order valence-electron chi connectivity index (χ1n) is 13.1. The molecule has 0 radical (unpaired) electrons. The molecule has 0 saturated heterocycles. The molecule has 0 unspecified atom stereocenters. The standard InChI is InChI=1S/C34H34Cl2/c1-3-23-5-7-26(8-6-23)17-32-31(22-36)18-30(16-25-9-11-27(21-35)12-10-25)33-20-29-15-24(4-2)13-14-28(29)19-34(32)33/h5-15,18H,3-4,16-17,19-22H2,1-2H3. The Morgan fingerprint density at radius 3 is 1.75 bits per heavy atom. The molecule has 4 aromatic carbocycles. The molecule has 0 atom stereocenters.